The Morgan fingerprint density at radius 3 is 2.91 bits per heavy atom. The molecule has 0 amide bonds. The standard InChI is InChI=1S/C22H18F2N6O3/c23-13-4-5-16(26-11-13)21-27-18(33-29-21)7-8-19(31)30-17-6-3-12(10-15(17)22(32)28-30)14-2-1-9-25-20(14)24/h1-2,4-5,9,11-12H,3,6-8,10H2,(H,28,32). The number of nitrogens with one attached hydrogen (secondary N) is 1. The number of aromatic nitrogens is 6. The number of aryl methyl sites for hydroxylation is 1. The fourth-order valence-corrected chi connectivity index (χ4v) is 4.11. The Kier molecular flexibility index (Phi) is 5.37. The second kappa shape index (κ2) is 8.49. The van der Waals surface area contributed by atoms with Crippen molar-refractivity contribution in [1.29, 1.82) is 0 Å². The van der Waals surface area contributed by atoms with Gasteiger partial charge in [-0.1, -0.05) is 11.2 Å². The number of H-pyrrole nitrogens is 1. The highest BCUT2D eigenvalue weighted by Crippen LogP contribution is 2.32. The summed E-state index contributed by atoms with van der Waals surface area (Å²) in [4.78, 5) is 37.1. The van der Waals surface area contributed by atoms with E-state index in [0.29, 0.717) is 41.8 Å². The summed E-state index contributed by atoms with van der Waals surface area (Å²) in [6.45, 7) is 0. The lowest BCUT2D eigenvalue weighted by Crippen LogP contribution is -2.21. The van der Waals surface area contributed by atoms with E-state index in [1.807, 2.05) is 0 Å². The topological polar surface area (TPSA) is 120 Å². The first-order valence-electron chi connectivity index (χ1n) is 10.4. The normalized spacial score (nSPS) is 15.4. The minimum atomic E-state index is -0.535. The fourth-order valence-electron chi connectivity index (χ4n) is 4.11. The Labute approximate surface area is 185 Å². The predicted molar refractivity (Wildman–Crippen MR) is 110 cm³/mol. The summed E-state index contributed by atoms with van der Waals surface area (Å²) in [6.07, 6.45) is 4.01. The smallest absolute Gasteiger partial charge is 0.267 e. The van der Waals surface area contributed by atoms with Crippen LogP contribution in [0.4, 0.5) is 8.78 Å². The zero-order valence-electron chi connectivity index (χ0n) is 17.3. The largest absolute Gasteiger partial charge is 0.339 e. The first kappa shape index (κ1) is 20.9. The molecule has 0 aliphatic heterocycles. The second-order valence-corrected chi connectivity index (χ2v) is 7.79. The van der Waals surface area contributed by atoms with Crippen LogP contribution in [0.2, 0.25) is 0 Å². The molecule has 1 aliphatic rings. The molecule has 0 saturated carbocycles. The molecule has 11 heteroatoms. The van der Waals surface area contributed by atoms with Gasteiger partial charge in [0, 0.05) is 30.2 Å². The van der Waals surface area contributed by atoms with Crippen LogP contribution in [0.15, 0.2) is 46.0 Å². The molecule has 9 nitrogen and oxygen atoms in total. The molecule has 1 aliphatic carbocycles. The van der Waals surface area contributed by atoms with Gasteiger partial charge in [0.2, 0.25) is 23.6 Å². The molecular weight excluding hydrogens is 434 g/mol. The molecule has 4 aromatic rings. The Morgan fingerprint density at radius 1 is 1.24 bits per heavy atom. The van der Waals surface area contributed by atoms with E-state index < -0.39 is 11.8 Å². The Hall–Kier alpha value is -4.02. The van der Waals surface area contributed by atoms with Crippen molar-refractivity contribution < 1.29 is 18.1 Å². The van der Waals surface area contributed by atoms with Gasteiger partial charge in [-0.05, 0) is 43.4 Å². The first-order valence-corrected chi connectivity index (χ1v) is 10.4. The van der Waals surface area contributed by atoms with Crippen molar-refractivity contribution in [3.8, 4) is 11.5 Å². The average molecular weight is 452 g/mol. The number of rotatable bonds is 5. The van der Waals surface area contributed by atoms with Crippen molar-refractivity contribution in [1.82, 2.24) is 29.9 Å². The van der Waals surface area contributed by atoms with Gasteiger partial charge in [-0.3, -0.25) is 14.7 Å². The Balaban J connectivity index is 1.28. The molecule has 1 atom stereocenters. The lowest BCUT2D eigenvalue weighted by molar-refractivity contribution is 0.0878. The number of carbonyl (C=O) groups excluding carboxylic acids is 1. The molecule has 168 valence electrons. The predicted octanol–water partition coefficient (Wildman–Crippen LogP) is 2.84. The van der Waals surface area contributed by atoms with E-state index in [4.69, 9.17) is 4.52 Å². The zero-order valence-corrected chi connectivity index (χ0v) is 17.3. The molecule has 4 aromatic heterocycles. The molecular formula is C22H18F2N6O3. The van der Waals surface area contributed by atoms with Gasteiger partial charge >= 0.3 is 0 Å². The fraction of sp³-hybridized carbons (Fsp3) is 0.273. The third-order valence-electron chi connectivity index (χ3n) is 5.74. The van der Waals surface area contributed by atoms with E-state index in [9.17, 15) is 18.4 Å². The second-order valence-electron chi connectivity index (χ2n) is 7.79. The molecule has 0 spiro atoms. The van der Waals surface area contributed by atoms with Crippen LogP contribution in [0.25, 0.3) is 11.5 Å². The van der Waals surface area contributed by atoms with Crippen LogP contribution in [-0.4, -0.2) is 35.8 Å². The van der Waals surface area contributed by atoms with Crippen LogP contribution in [0, 0.1) is 11.8 Å². The molecule has 0 aromatic carbocycles. The summed E-state index contributed by atoms with van der Waals surface area (Å²) in [7, 11) is 0. The molecule has 4 heterocycles. The highest BCUT2D eigenvalue weighted by atomic mass is 19.1. The van der Waals surface area contributed by atoms with Crippen LogP contribution in [0.5, 0.6) is 0 Å². The zero-order chi connectivity index (χ0) is 22.9. The molecule has 0 bridgehead atoms. The van der Waals surface area contributed by atoms with Gasteiger partial charge in [0.1, 0.15) is 11.5 Å². The van der Waals surface area contributed by atoms with Gasteiger partial charge in [-0.25, -0.2) is 19.0 Å². The molecule has 0 fully saturated rings. The lowest BCUT2D eigenvalue weighted by atomic mass is 9.83. The number of fused-ring (bicyclic) bond motifs is 1. The summed E-state index contributed by atoms with van der Waals surface area (Å²) in [5.41, 5.74) is 1.58. The van der Waals surface area contributed by atoms with Gasteiger partial charge in [-0.15, -0.1) is 0 Å². The molecule has 0 radical (unpaired) electrons. The van der Waals surface area contributed by atoms with Crippen LogP contribution < -0.4 is 5.56 Å². The molecule has 33 heavy (non-hydrogen) atoms. The summed E-state index contributed by atoms with van der Waals surface area (Å²) < 4.78 is 33.5. The highest BCUT2D eigenvalue weighted by Gasteiger charge is 2.29. The number of hydrogen-bond acceptors (Lipinski definition) is 7. The number of pyridine rings is 2. The summed E-state index contributed by atoms with van der Waals surface area (Å²) >= 11 is 0. The van der Waals surface area contributed by atoms with Crippen LogP contribution in [0.3, 0.4) is 0 Å². The maximum Gasteiger partial charge on any atom is 0.267 e. The Morgan fingerprint density at radius 2 is 2.12 bits per heavy atom. The molecule has 5 rings (SSSR count). The monoisotopic (exact) mass is 452 g/mol. The van der Waals surface area contributed by atoms with E-state index in [0.717, 1.165) is 6.20 Å². The van der Waals surface area contributed by atoms with Gasteiger partial charge in [0.25, 0.3) is 5.56 Å². The third kappa shape index (κ3) is 4.09. The highest BCUT2D eigenvalue weighted by molar-refractivity contribution is 5.79. The first-order chi connectivity index (χ1) is 16.0. The van der Waals surface area contributed by atoms with Gasteiger partial charge in [0.15, 0.2) is 0 Å². The van der Waals surface area contributed by atoms with Crippen molar-refractivity contribution in [2.75, 3.05) is 0 Å². The molecule has 1 N–H and O–H groups in total. The minimum Gasteiger partial charge on any atom is -0.339 e. The summed E-state index contributed by atoms with van der Waals surface area (Å²) in [5.74, 6) is -1.09. The van der Waals surface area contributed by atoms with Crippen molar-refractivity contribution in [3.63, 3.8) is 0 Å². The third-order valence-corrected chi connectivity index (χ3v) is 5.74. The van der Waals surface area contributed by atoms with Crippen LogP contribution in [-0.2, 0) is 19.3 Å². The van der Waals surface area contributed by atoms with Gasteiger partial charge in [-0.2, -0.15) is 9.37 Å². The average Bonchev–Trinajstić information content (AvgIpc) is 3.43. The number of aromatic amines is 1. The quantitative estimate of drug-likeness (QED) is 0.463. The van der Waals surface area contributed by atoms with Crippen LogP contribution >= 0.6 is 0 Å². The van der Waals surface area contributed by atoms with Crippen molar-refractivity contribution >= 4 is 5.91 Å². The maximum atomic E-state index is 14.1. The molecule has 1 unspecified atom stereocenters. The van der Waals surface area contributed by atoms with E-state index in [1.165, 1.54) is 23.0 Å². The maximum absolute atomic E-state index is 14.1. The SMILES string of the molecule is O=C(CCc1nc(-c2ccc(F)cn2)no1)n1[nH]c(=O)c2c1CCC(c1cccnc1F)C2. The van der Waals surface area contributed by atoms with E-state index in [-0.39, 0.29) is 41.9 Å². The number of hydrogen-bond donors (Lipinski definition) is 1. The number of halogens is 2. The van der Waals surface area contributed by atoms with Gasteiger partial charge in [0.05, 0.1) is 11.9 Å². The molecule has 0 saturated heterocycles. The van der Waals surface area contributed by atoms with E-state index >= 15 is 0 Å². The summed E-state index contributed by atoms with van der Waals surface area (Å²) in [6, 6.07) is 6.01. The lowest BCUT2D eigenvalue weighted by Gasteiger charge is -2.22. The Bertz CT molecular complexity index is 1380. The van der Waals surface area contributed by atoms with E-state index in [2.05, 4.69) is 25.2 Å². The summed E-state index contributed by atoms with van der Waals surface area (Å²) in [5, 5.41) is 6.41. The van der Waals surface area contributed by atoms with Crippen molar-refractivity contribution in [2.45, 2.75) is 38.0 Å². The van der Waals surface area contributed by atoms with Gasteiger partial charge < -0.3 is 4.52 Å². The van der Waals surface area contributed by atoms with Crippen LogP contribution in [0.1, 0.15) is 46.3 Å². The number of carbonyl (C=O) groups is 1. The number of nitrogens with zero attached hydrogens (tertiary/aromatic N) is 5. The minimum absolute atomic E-state index is 0.0240. The van der Waals surface area contributed by atoms with Crippen molar-refractivity contribution in [3.05, 3.63) is 81.5 Å². The van der Waals surface area contributed by atoms with Crippen molar-refractivity contribution in [2.24, 2.45) is 0 Å². The van der Waals surface area contributed by atoms with E-state index in [1.54, 1.807) is 12.1 Å².